The summed E-state index contributed by atoms with van der Waals surface area (Å²) in [5.41, 5.74) is 0. The van der Waals surface area contributed by atoms with E-state index in [-0.39, 0.29) is 0 Å². The van der Waals surface area contributed by atoms with E-state index in [1.54, 1.807) is 18.4 Å². The average molecular weight is 190 g/mol. The van der Waals surface area contributed by atoms with E-state index >= 15 is 0 Å². The first-order valence-electron chi connectivity index (χ1n) is 3.10. The fraction of sp³-hybridized carbons (Fsp3) is 0.286. The van der Waals surface area contributed by atoms with Crippen molar-refractivity contribution in [2.24, 2.45) is 0 Å². The molecular weight excluding hydrogens is 180 g/mol. The average Bonchev–Trinajstić information content (AvgIpc) is 2.34. The van der Waals surface area contributed by atoms with Crippen LogP contribution in [0.15, 0.2) is 27.9 Å². The molecule has 1 heterocycles. The van der Waals surface area contributed by atoms with Crippen LogP contribution in [0.1, 0.15) is 6.92 Å². The van der Waals surface area contributed by atoms with Gasteiger partial charge in [0.2, 0.25) is 0 Å². The van der Waals surface area contributed by atoms with E-state index in [0.717, 1.165) is 6.92 Å². The van der Waals surface area contributed by atoms with Crippen molar-refractivity contribution in [1.82, 2.24) is 0 Å². The molecular formula is C7H10O4S. The van der Waals surface area contributed by atoms with Gasteiger partial charge >= 0.3 is 5.09 Å². The molecule has 4 nitrogen and oxygen atoms in total. The molecule has 0 aliphatic carbocycles. The van der Waals surface area contributed by atoms with Crippen LogP contribution in [0.5, 0.6) is 0 Å². The Bertz CT molecular complexity index is 213. The number of furan rings is 1. The Kier molecular flexibility index (Phi) is 5.23. The third-order valence-electron chi connectivity index (χ3n) is 0.778. The molecule has 0 saturated heterocycles. The van der Waals surface area contributed by atoms with Crippen LogP contribution in [0.2, 0.25) is 0 Å². The Balaban J connectivity index is 0.000000261. The number of carboxylic acids is 1. The normalized spacial score (nSPS) is 11.2. The van der Waals surface area contributed by atoms with Gasteiger partial charge in [-0.25, -0.2) is 0 Å². The van der Waals surface area contributed by atoms with Gasteiger partial charge in [-0.15, -0.1) is 0 Å². The van der Waals surface area contributed by atoms with Crippen molar-refractivity contribution in [3.63, 3.8) is 0 Å². The van der Waals surface area contributed by atoms with Gasteiger partial charge in [-0.2, -0.15) is 0 Å². The van der Waals surface area contributed by atoms with Crippen LogP contribution < -0.4 is 0 Å². The highest BCUT2D eigenvalue weighted by Gasteiger charge is 2.03. The SMILES string of the molecule is CC(=O)O.C[S+]([O-])c1ccco1. The van der Waals surface area contributed by atoms with Crippen molar-refractivity contribution >= 4 is 17.1 Å². The summed E-state index contributed by atoms with van der Waals surface area (Å²) >= 11 is -0.965. The highest BCUT2D eigenvalue weighted by atomic mass is 32.2. The second-order valence-electron chi connectivity index (χ2n) is 1.91. The van der Waals surface area contributed by atoms with Crippen LogP contribution >= 0.6 is 0 Å². The van der Waals surface area contributed by atoms with Crippen molar-refractivity contribution < 1.29 is 18.9 Å². The molecule has 0 aromatic carbocycles. The van der Waals surface area contributed by atoms with Crippen molar-refractivity contribution in [1.29, 1.82) is 0 Å². The van der Waals surface area contributed by atoms with Crippen molar-refractivity contribution in [2.45, 2.75) is 12.0 Å². The summed E-state index contributed by atoms with van der Waals surface area (Å²) in [7, 11) is 0. The molecule has 0 aliphatic rings. The number of hydrogen-bond donors (Lipinski definition) is 1. The first kappa shape index (κ1) is 11.1. The summed E-state index contributed by atoms with van der Waals surface area (Å²) in [6, 6.07) is 3.41. The molecule has 1 unspecified atom stereocenters. The lowest BCUT2D eigenvalue weighted by Gasteiger charge is -1.95. The van der Waals surface area contributed by atoms with Crippen molar-refractivity contribution in [3.8, 4) is 0 Å². The highest BCUT2D eigenvalue weighted by Crippen LogP contribution is 2.06. The number of aliphatic carboxylic acids is 1. The standard InChI is InChI=1S/C5H6O2S.C2H4O2/c1-8(6)5-3-2-4-7-5;1-2(3)4/h2-4H,1H3;1H3,(H,3,4). The first-order valence-corrected chi connectivity index (χ1v) is 4.66. The minimum absolute atomic E-state index is 0.532. The van der Waals surface area contributed by atoms with Crippen LogP contribution in [-0.4, -0.2) is 21.9 Å². The van der Waals surface area contributed by atoms with Gasteiger partial charge in [0.15, 0.2) is 0 Å². The van der Waals surface area contributed by atoms with Crippen LogP contribution in [0.3, 0.4) is 0 Å². The van der Waals surface area contributed by atoms with Crippen LogP contribution in [0.25, 0.3) is 0 Å². The monoisotopic (exact) mass is 190 g/mol. The second-order valence-corrected chi connectivity index (χ2v) is 3.22. The lowest BCUT2D eigenvalue weighted by molar-refractivity contribution is -0.134. The number of carboxylic acid groups (broad SMARTS) is 1. The summed E-state index contributed by atoms with van der Waals surface area (Å²) in [6.45, 7) is 1.08. The molecule has 1 N–H and O–H groups in total. The zero-order chi connectivity index (χ0) is 9.56. The summed E-state index contributed by atoms with van der Waals surface area (Å²) in [6.07, 6.45) is 3.09. The van der Waals surface area contributed by atoms with Crippen LogP contribution in [-0.2, 0) is 16.0 Å². The fourth-order valence-corrected chi connectivity index (χ4v) is 0.888. The predicted molar refractivity (Wildman–Crippen MR) is 44.4 cm³/mol. The third kappa shape index (κ3) is 5.82. The molecule has 0 aliphatic heterocycles. The Labute approximate surface area is 73.4 Å². The number of hydrogen-bond acceptors (Lipinski definition) is 3. The molecule has 0 amide bonds. The molecule has 0 bridgehead atoms. The molecule has 0 radical (unpaired) electrons. The van der Waals surface area contributed by atoms with E-state index in [1.807, 2.05) is 0 Å². The molecule has 1 aromatic rings. The molecule has 1 rings (SSSR count). The summed E-state index contributed by atoms with van der Waals surface area (Å²) < 4.78 is 15.3. The quantitative estimate of drug-likeness (QED) is 0.673. The minimum atomic E-state index is -0.965. The minimum Gasteiger partial charge on any atom is -0.609 e. The molecule has 5 heteroatoms. The topological polar surface area (TPSA) is 73.5 Å². The molecule has 68 valence electrons. The maximum Gasteiger partial charge on any atom is 0.310 e. The van der Waals surface area contributed by atoms with E-state index in [2.05, 4.69) is 0 Å². The Morgan fingerprint density at radius 2 is 2.25 bits per heavy atom. The van der Waals surface area contributed by atoms with E-state index in [1.165, 1.54) is 6.26 Å². The fourth-order valence-electron chi connectivity index (χ4n) is 0.427. The Hall–Kier alpha value is -0.940. The lowest BCUT2D eigenvalue weighted by Crippen LogP contribution is -1.93. The Morgan fingerprint density at radius 3 is 2.42 bits per heavy atom. The highest BCUT2D eigenvalue weighted by molar-refractivity contribution is 7.90. The number of rotatable bonds is 1. The second kappa shape index (κ2) is 5.68. The van der Waals surface area contributed by atoms with Crippen molar-refractivity contribution in [2.75, 3.05) is 6.26 Å². The van der Waals surface area contributed by atoms with Gasteiger partial charge in [-0.1, -0.05) is 0 Å². The van der Waals surface area contributed by atoms with Gasteiger partial charge in [-0.05, 0) is 6.07 Å². The smallest absolute Gasteiger partial charge is 0.310 e. The maximum absolute atomic E-state index is 10.5. The Morgan fingerprint density at radius 1 is 1.75 bits per heavy atom. The van der Waals surface area contributed by atoms with E-state index in [0.29, 0.717) is 5.09 Å². The van der Waals surface area contributed by atoms with Gasteiger partial charge < -0.3 is 14.1 Å². The first-order chi connectivity index (χ1) is 5.54. The predicted octanol–water partition coefficient (Wildman–Crippen LogP) is 1.11. The maximum atomic E-state index is 10.5. The molecule has 12 heavy (non-hydrogen) atoms. The van der Waals surface area contributed by atoms with Gasteiger partial charge in [0.1, 0.15) is 6.26 Å². The van der Waals surface area contributed by atoms with Gasteiger partial charge in [-0.3, -0.25) is 4.79 Å². The molecule has 1 atom stereocenters. The number of carbonyl (C=O) groups is 1. The molecule has 0 spiro atoms. The van der Waals surface area contributed by atoms with Crippen LogP contribution in [0.4, 0.5) is 0 Å². The van der Waals surface area contributed by atoms with E-state index in [9.17, 15) is 4.55 Å². The largest absolute Gasteiger partial charge is 0.609 e. The summed E-state index contributed by atoms with van der Waals surface area (Å²) in [5, 5.41) is 7.95. The van der Waals surface area contributed by atoms with Gasteiger partial charge in [0, 0.05) is 24.2 Å². The van der Waals surface area contributed by atoms with Gasteiger partial charge in [0.05, 0.1) is 6.26 Å². The van der Waals surface area contributed by atoms with E-state index < -0.39 is 17.1 Å². The molecule has 0 fully saturated rings. The molecule has 0 saturated carbocycles. The van der Waals surface area contributed by atoms with Crippen molar-refractivity contribution in [3.05, 3.63) is 18.4 Å². The summed E-state index contributed by atoms with van der Waals surface area (Å²) in [5.74, 6) is -0.833. The molecule has 1 aromatic heterocycles. The zero-order valence-corrected chi connectivity index (χ0v) is 7.63. The summed E-state index contributed by atoms with van der Waals surface area (Å²) in [4.78, 5) is 9.00. The van der Waals surface area contributed by atoms with Gasteiger partial charge in [0.25, 0.3) is 5.97 Å². The third-order valence-corrected chi connectivity index (χ3v) is 1.58. The van der Waals surface area contributed by atoms with E-state index in [4.69, 9.17) is 14.3 Å². The zero-order valence-electron chi connectivity index (χ0n) is 6.81. The van der Waals surface area contributed by atoms with Crippen LogP contribution in [0, 0.1) is 0 Å². The lowest BCUT2D eigenvalue weighted by atomic mass is 10.7.